The van der Waals surface area contributed by atoms with Gasteiger partial charge in [-0.3, -0.25) is 4.98 Å². The molecule has 0 amide bonds. The zero-order valence-corrected chi connectivity index (χ0v) is 21.1. The molecule has 1 unspecified atom stereocenters. The van der Waals surface area contributed by atoms with Gasteiger partial charge in [0.1, 0.15) is 5.75 Å². The number of benzene rings is 2. The smallest absolute Gasteiger partial charge is 0.127 e. The van der Waals surface area contributed by atoms with Crippen LogP contribution in [0.25, 0.3) is 11.3 Å². The molecule has 0 saturated heterocycles. The number of pyridine rings is 1. The van der Waals surface area contributed by atoms with E-state index in [9.17, 15) is 0 Å². The summed E-state index contributed by atoms with van der Waals surface area (Å²) in [5.41, 5.74) is 8.49. The third-order valence-corrected chi connectivity index (χ3v) is 6.59. The highest BCUT2D eigenvalue weighted by molar-refractivity contribution is 5.70. The molecule has 1 atom stereocenters. The Hall–Kier alpha value is -2.65. The molecule has 0 aliphatic heterocycles. The van der Waals surface area contributed by atoms with Gasteiger partial charge >= 0.3 is 0 Å². The number of aromatic nitrogens is 1. The third kappa shape index (κ3) is 6.23. The van der Waals surface area contributed by atoms with Gasteiger partial charge in [0, 0.05) is 35.5 Å². The summed E-state index contributed by atoms with van der Waals surface area (Å²) in [7, 11) is 1.77. The second kappa shape index (κ2) is 12.6. The number of methoxy groups -OCH3 is 1. The quantitative estimate of drug-likeness (QED) is 0.292. The number of rotatable bonds is 12. The second-order valence-corrected chi connectivity index (χ2v) is 8.77. The summed E-state index contributed by atoms with van der Waals surface area (Å²) in [4.78, 5) is 5.08. The van der Waals surface area contributed by atoms with Crippen molar-refractivity contribution in [3.8, 4) is 17.0 Å². The molecule has 3 heteroatoms. The molecule has 2 aromatic carbocycles. The van der Waals surface area contributed by atoms with Crippen LogP contribution in [-0.4, -0.2) is 12.1 Å². The van der Waals surface area contributed by atoms with Crippen molar-refractivity contribution in [3.63, 3.8) is 0 Å². The summed E-state index contributed by atoms with van der Waals surface area (Å²) in [5, 5.41) is 3.81. The Kier molecular flexibility index (Phi) is 9.50. The molecular weight excluding hydrogens is 404 g/mol. The molecule has 3 rings (SSSR count). The highest BCUT2D eigenvalue weighted by atomic mass is 16.5. The van der Waals surface area contributed by atoms with Gasteiger partial charge in [-0.05, 0) is 42.9 Å². The van der Waals surface area contributed by atoms with Gasteiger partial charge in [-0.25, -0.2) is 0 Å². The number of hydrogen-bond donors (Lipinski definition) is 1. The van der Waals surface area contributed by atoms with Gasteiger partial charge in [-0.1, -0.05) is 88.6 Å². The minimum absolute atomic E-state index is 0.328. The van der Waals surface area contributed by atoms with Crippen LogP contribution in [0.4, 0.5) is 0 Å². The highest BCUT2D eigenvalue weighted by Gasteiger charge is 2.18. The molecule has 0 aliphatic rings. The van der Waals surface area contributed by atoms with E-state index in [0.29, 0.717) is 6.04 Å². The van der Waals surface area contributed by atoms with Crippen molar-refractivity contribution in [3.05, 3.63) is 82.5 Å². The average Bonchev–Trinajstić information content (AvgIpc) is 2.86. The van der Waals surface area contributed by atoms with Crippen LogP contribution in [0, 0.1) is 6.92 Å². The maximum atomic E-state index is 5.89. The number of aryl methyl sites for hydroxylation is 3. The summed E-state index contributed by atoms with van der Waals surface area (Å²) in [6, 6.07) is 19.8. The van der Waals surface area contributed by atoms with Crippen LogP contribution < -0.4 is 10.1 Å². The number of nitrogens with one attached hydrogen (secondary N) is 1. The second-order valence-electron chi connectivity index (χ2n) is 8.77. The maximum Gasteiger partial charge on any atom is 0.127 e. The van der Waals surface area contributed by atoms with E-state index >= 15 is 0 Å². The predicted molar refractivity (Wildman–Crippen MR) is 140 cm³/mol. The summed E-state index contributed by atoms with van der Waals surface area (Å²) < 4.78 is 5.89. The lowest BCUT2D eigenvalue weighted by molar-refractivity contribution is 0.401. The molecule has 33 heavy (non-hydrogen) atoms. The van der Waals surface area contributed by atoms with Gasteiger partial charge in [0.2, 0.25) is 0 Å². The Balaban J connectivity index is 1.90. The molecule has 3 nitrogen and oxygen atoms in total. The molecule has 0 aliphatic carbocycles. The normalized spacial score (nSPS) is 12.0. The number of unbranched alkanes of at least 4 members (excludes halogenated alkanes) is 2. The SMILES string of the molecule is CCCCCC(NCc1c(OC)cc(-c2c(CC)cccc2CC)nc1C)c1ccccc1. The van der Waals surface area contributed by atoms with Crippen molar-refractivity contribution in [2.75, 3.05) is 7.11 Å². The fourth-order valence-electron chi connectivity index (χ4n) is 4.66. The van der Waals surface area contributed by atoms with E-state index in [1.165, 1.54) is 41.5 Å². The van der Waals surface area contributed by atoms with E-state index in [1.54, 1.807) is 7.11 Å². The van der Waals surface area contributed by atoms with Crippen LogP contribution in [0.5, 0.6) is 5.75 Å². The first-order chi connectivity index (χ1) is 16.1. The van der Waals surface area contributed by atoms with Crippen LogP contribution >= 0.6 is 0 Å². The van der Waals surface area contributed by atoms with Crippen LogP contribution in [0.15, 0.2) is 54.6 Å². The van der Waals surface area contributed by atoms with Crippen molar-refractivity contribution < 1.29 is 4.74 Å². The van der Waals surface area contributed by atoms with E-state index in [0.717, 1.165) is 48.5 Å². The van der Waals surface area contributed by atoms with E-state index < -0.39 is 0 Å². The molecule has 3 aromatic rings. The Morgan fingerprint density at radius 2 is 1.61 bits per heavy atom. The molecule has 1 aromatic heterocycles. The van der Waals surface area contributed by atoms with E-state index in [2.05, 4.69) is 87.6 Å². The Labute approximate surface area is 200 Å². The zero-order valence-electron chi connectivity index (χ0n) is 21.1. The Morgan fingerprint density at radius 1 is 0.909 bits per heavy atom. The largest absolute Gasteiger partial charge is 0.496 e. The van der Waals surface area contributed by atoms with Gasteiger partial charge in [-0.15, -0.1) is 0 Å². The number of hydrogen-bond acceptors (Lipinski definition) is 3. The molecule has 0 fully saturated rings. The first-order valence-electron chi connectivity index (χ1n) is 12.6. The summed E-state index contributed by atoms with van der Waals surface area (Å²) in [6.07, 6.45) is 6.84. The van der Waals surface area contributed by atoms with Crippen molar-refractivity contribution in [1.82, 2.24) is 10.3 Å². The molecule has 1 N–H and O–H groups in total. The van der Waals surface area contributed by atoms with Crippen molar-refractivity contribution >= 4 is 0 Å². The van der Waals surface area contributed by atoms with Gasteiger partial charge in [0.15, 0.2) is 0 Å². The number of ether oxygens (including phenoxy) is 1. The monoisotopic (exact) mass is 444 g/mol. The third-order valence-electron chi connectivity index (χ3n) is 6.59. The minimum atomic E-state index is 0.328. The topological polar surface area (TPSA) is 34.1 Å². The fraction of sp³-hybridized carbons (Fsp3) is 0.433. The van der Waals surface area contributed by atoms with Crippen LogP contribution in [0.1, 0.15) is 80.4 Å². The molecule has 0 spiro atoms. The van der Waals surface area contributed by atoms with Crippen LogP contribution in [-0.2, 0) is 19.4 Å². The van der Waals surface area contributed by atoms with Gasteiger partial charge < -0.3 is 10.1 Å². The molecule has 0 saturated carbocycles. The zero-order chi connectivity index (χ0) is 23.6. The minimum Gasteiger partial charge on any atom is -0.496 e. The maximum absolute atomic E-state index is 5.89. The van der Waals surface area contributed by atoms with Gasteiger partial charge in [0.05, 0.1) is 12.8 Å². The average molecular weight is 445 g/mol. The Morgan fingerprint density at radius 3 is 2.21 bits per heavy atom. The van der Waals surface area contributed by atoms with Crippen molar-refractivity contribution in [2.45, 2.75) is 78.8 Å². The van der Waals surface area contributed by atoms with Crippen LogP contribution in [0.3, 0.4) is 0 Å². The standard InChI is InChI=1S/C30H40N2O/c1-6-9-11-19-27(25-15-12-10-13-16-25)31-21-26-22(4)32-28(20-29(26)33-5)30-23(7-2)17-14-18-24(30)8-3/h10,12-18,20,27,31H,6-9,11,19,21H2,1-5H3. The summed E-state index contributed by atoms with van der Waals surface area (Å²) in [6.45, 7) is 9.53. The van der Waals surface area contributed by atoms with E-state index in [4.69, 9.17) is 9.72 Å². The molecule has 0 bridgehead atoms. The lowest BCUT2D eigenvalue weighted by atomic mass is 9.94. The summed E-state index contributed by atoms with van der Waals surface area (Å²) >= 11 is 0. The lowest BCUT2D eigenvalue weighted by Gasteiger charge is -2.22. The lowest BCUT2D eigenvalue weighted by Crippen LogP contribution is -2.22. The van der Waals surface area contributed by atoms with Gasteiger partial charge in [-0.2, -0.15) is 0 Å². The summed E-state index contributed by atoms with van der Waals surface area (Å²) in [5.74, 6) is 0.915. The van der Waals surface area contributed by atoms with E-state index in [-0.39, 0.29) is 0 Å². The highest BCUT2D eigenvalue weighted by Crippen LogP contribution is 2.33. The molecule has 176 valence electrons. The molecular formula is C30H40N2O. The van der Waals surface area contributed by atoms with Crippen LogP contribution in [0.2, 0.25) is 0 Å². The fourth-order valence-corrected chi connectivity index (χ4v) is 4.66. The number of nitrogens with zero attached hydrogens (tertiary/aromatic N) is 1. The van der Waals surface area contributed by atoms with Crippen molar-refractivity contribution in [2.24, 2.45) is 0 Å². The van der Waals surface area contributed by atoms with Crippen molar-refractivity contribution in [1.29, 1.82) is 0 Å². The predicted octanol–water partition coefficient (Wildman–Crippen LogP) is 7.60. The van der Waals surface area contributed by atoms with E-state index in [1.807, 2.05) is 0 Å². The molecule has 1 heterocycles. The first-order valence-corrected chi connectivity index (χ1v) is 12.6. The Bertz CT molecular complexity index is 991. The first kappa shape index (κ1) is 25.0. The molecule has 0 radical (unpaired) electrons. The van der Waals surface area contributed by atoms with Gasteiger partial charge in [0.25, 0.3) is 0 Å².